The smallest absolute Gasteiger partial charge is 0.182 e. The molecule has 0 bridgehead atoms. The lowest BCUT2D eigenvalue weighted by molar-refractivity contribution is 0.474. The number of aromatic hydroxyl groups is 1. The second-order valence-electron chi connectivity index (χ2n) is 6.68. The molecule has 1 N–H and O–H groups in total. The molecule has 3 aromatic rings. The lowest BCUT2D eigenvalue weighted by Crippen LogP contribution is -2.00. The predicted molar refractivity (Wildman–Crippen MR) is 113 cm³/mol. The molecule has 0 spiro atoms. The lowest BCUT2D eigenvalue weighted by Gasteiger charge is -2.17. The van der Waals surface area contributed by atoms with Crippen LogP contribution in [0.4, 0.5) is 5.69 Å². The van der Waals surface area contributed by atoms with E-state index < -0.39 is 0 Å². The van der Waals surface area contributed by atoms with E-state index in [1.54, 1.807) is 24.3 Å². The summed E-state index contributed by atoms with van der Waals surface area (Å²) in [6.07, 6.45) is 0. The molecule has 0 saturated heterocycles. The van der Waals surface area contributed by atoms with Gasteiger partial charge < -0.3 is 9.52 Å². The number of benzene rings is 4. The van der Waals surface area contributed by atoms with E-state index in [1.165, 1.54) is 18.2 Å². The molecule has 5 rings (SSSR count). The summed E-state index contributed by atoms with van der Waals surface area (Å²) in [6.45, 7) is 0. The van der Waals surface area contributed by atoms with Gasteiger partial charge in [0.15, 0.2) is 5.43 Å². The Morgan fingerprint density at radius 1 is 0.862 bits per heavy atom. The minimum absolute atomic E-state index is 0.0772. The van der Waals surface area contributed by atoms with Gasteiger partial charge in [0, 0.05) is 39.2 Å². The summed E-state index contributed by atoms with van der Waals surface area (Å²) in [4.78, 5) is 14.8. The van der Waals surface area contributed by atoms with Crippen molar-refractivity contribution in [1.82, 2.24) is 0 Å². The molecule has 138 valence electrons. The largest absolute Gasteiger partial charge is 0.508 e. The maximum Gasteiger partial charge on any atom is 0.182 e. The fraction of sp³-hybridized carbons (Fsp3) is 0. The molecule has 0 aromatic heterocycles. The molecule has 0 saturated carbocycles. The molecule has 0 radical (unpaired) electrons. The highest BCUT2D eigenvalue weighted by Gasteiger charge is 2.19. The van der Waals surface area contributed by atoms with Crippen LogP contribution in [0.1, 0.15) is 0 Å². The van der Waals surface area contributed by atoms with E-state index in [0.29, 0.717) is 17.0 Å². The van der Waals surface area contributed by atoms with Gasteiger partial charge in [0.2, 0.25) is 0 Å². The van der Waals surface area contributed by atoms with Crippen molar-refractivity contribution in [3.8, 4) is 28.2 Å². The quantitative estimate of drug-likeness (QED) is 0.167. The number of azide groups is 1. The van der Waals surface area contributed by atoms with E-state index in [4.69, 9.17) is 9.95 Å². The first kappa shape index (κ1) is 16.9. The Morgan fingerprint density at radius 2 is 1.66 bits per heavy atom. The summed E-state index contributed by atoms with van der Waals surface area (Å²) in [5.41, 5.74) is 12.3. The van der Waals surface area contributed by atoms with E-state index in [1.807, 2.05) is 30.3 Å². The monoisotopic (exact) mass is 379 g/mol. The van der Waals surface area contributed by atoms with E-state index in [9.17, 15) is 9.90 Å². The first-order valence-electron chi connectivity index (χ1n) is 8.92. The standard InChI is InChI=1S/C23H13N3O3/c24-26-25-20-10-9-17(15-3-1-2-4-16(15)20)23-18-7-5-13(27)11-21(18)29-22-12-14(28)6-8-19(22)23/h1-12,27H. The van der Waals surface area contributed by atoms with Gasteiger partial charge in [-0.3, -0.25) is 4.79 Å². The average molecular weight is 379 g/mol. The molecule has 0 amide bonds. The summed E-state index contributed by atoms with van der Waals surface area (Å²) in [5, 5.41) is 16.3. The molecule has 1 heterocycles. The lowest BCUT2D eigenvalue weighted by atomic mass is 9.90. The highest BCUT2D eigenvalue weighted by molar-refractivity contribution is 6.11. The molecule has 3 aromatic carbocycles. The van der Waals surface area contributed by atoms with Crippen molar-refractivity contribution >= 4 is 27.4 Å². The van der Waals surface area contributed by atoms with Gasteiger partial charge in [-0.2, -0.15) is 0 Å². The Bertz CT molecular complexity index is 1500. The molecule has 1 aliphatic carbocycles. The van der Waals surface area contributed by atoms with E-state index in [2.05, 4.69) is 10.0 Å². The van der Waals surface area contributed by atoms with Crippen molar-refractivity contribution in [1.29, 1.82) is 0 Å². The Balaban J connectivity index is 1.98. The number of phenols is 1. The Kier molecular flexibility index (Phi) is 3.72. The number of rotatable bonds is 2. The highest BCUT2D eigenvalue weighted by Crippen LogP contribution is 2.44. The van der Waals surface area contributed by atoms with Crippen molar-refractivity contribution in [3.63, 3.8) is 0 Å². The van der Waals surface area contributed by atoms with Crippen LogP contribution in [0.3, 0.4) is 0 Å². The van der Waals surface area contributed by atoms with Gasteiger partial charge in [0.25, 0.3) is 0 Å². The Labute approximate surface area is 164 Å². The van der Waals surface area contributed by atoms with Crippen molar-refractivity contribution in [2.45, 2.75) is 0 Å². The SMILES string of the molecule is [N-]=[N+]=Nc1ccc(-c2c3ccc(=O)cc-3oc3cc(O)ccc23)c2ccccc12. The zero-order chi connectivity index (χ0) is 20.0. The van der Waals surface area contributed by atoms with Crippen LogP contribution in [0.2, 0.25) is 0 Å². The van der Waals surface area contributed by atoms with Crippen molar-refractivity contribution in [3.05, 3.63) is 93.5 Å². The van der Waals surface area contributed by atoms with Gasteiger partial charge in [-0.15, -0.1) is 0 Å². The molecule has 29 heavy (non-hydrogen) atoms. The number of hydrogen-bond acceptors (Lipinski definition) is 4. The van der Waals surface area contributed by atoms with Gasteiger partial charge in [-0.1, -0.05) is 41.5 Å². The number of phenolic OH excluding ortho intramolecular Hbond substituents is 1. The van der Waals surface area contributed by atoms with Crippen LogP contribution < -0.4 is 5.43 Å². The normalized spacial score (nSPS) is 11.0. The van der Waals surface area contributed by atoms with Crippen molar-refractivity contribution in [2.24, 2.45) is 5.11 Å². The van der Waals surface area contributed by atoms with E-state index >= 15 is 0 Å². The third-order valence-electron chi connectivity index (χ3n) is 5.00. The zero-order valence-corrected chi connectivity index (χ0v) is 15.0. The summed E-state index contributed by atoms with van der Waals surface area (Å²) < 4.78 is 5.92. The predicted octanol–water partition coefficient (Wildman–Crippen LogP) is 6.37. The van der Waals surface area contributed by atoms with Gasteiger partial charge in [-0.25, -0.2) is 0 Å². The number of fused-ring (bicyclic) bond motifs is 3. The first-order valence-corrected chi connectivity index (χ1v) is 8.92. The maximum absolute atomic E-state index is 11.9. The molecule has 0 unspecified atom stereocenters. The summed E-state index contributed by atoms with van der Waals surface area (Å²) >= 11 is 0. The van der Waals surface area contributed by atoms with Gasteiger partial charge >= 0.3 is 0 Å². The summed E-state index contributed by atoms with van der Waals surface area (Å²) in [6, 6.07) is 21.0. The fourth-order valence-corrected chi connectivity index (χ4v) is 3.79. The highest BCUT2D eigenvalue weighted by atomic mass is 16.3. The van der Waals surface area contributed by atoms with Crippen LogP contribution in [0.5, 0.6) is 5.75 Å². The Hall–Kier alpha value is -4.28. The summed E-state index contributed by atoms with van der Waals surface area (Å²) in [5.74, 6) is 0.516. The van der Waals surface area contributed by atoms with Crippen LogP contribution in [-0.4, -0.2) is 5.11 Å². The van der Waals surface area contributed by atoms with Crippen LogP contribution in [-0.2, 0) is 0 Å². The molecule has 6 nitrogen and oxygen atoms in total. The van der Waals surface area contributed by atoms with Crippen LogP contribution in [0.15, 0.2) is 87.1 Å². The minimum atomic E-state index is -0.157. The average Bonchev–Trinajstić information content (AvgIpc) is 2.72. The zero-order valence-electron chi connectivity index (χ0n) is 15.0. The van der Waals surface area contributed by atoms with Crippen LogP contribution >= 0.6 is 0 Å². The van der Waals surface area contributed by atoms with E-state index in [0.717, 1.165) is 32.8 Å². The topological polar surface area (TPSA) is 99.2 Å². The van der Waals surface area contributed by atoms with Crippen molar-refractivity contribution < 1.29 is 9.52 Å². The number of hydrogen-bond donors (Lipinski definition) is 1. The van der Waals surface area contributed by atoms with Gasteiger partial charge in [0.05, 0.1) is 0 Å². The third-order valence-corrected chi connectivity index (χ3v) is 5.00. The molecule has 0 fully saturated rings. The maximum atomic E-state index is 11.9. The second kappa shape index (κ2) is 6.41. The molecule has 0 atom stereocenters. The molecule has 6 heteroatoms. The van der Waals surface area contributed by atoms with E-state index in [-0.39, 0.29) is 11.2 Å². The Morgan fingerprint density at radius 3 is 2.48 bits per heavy atom. The third kappa shape index (κ3) is 2.67. The fourth-order valence-electron chi connectivity index (χ4n) is 3.79. The van der Waals surface area contributed by atoms with Crippen molar-refractivity contribution in [2.75, 3.05) is 0 Å². The molecule has 1 aliphatic heterocycles. The van der Waals surface area contributed by atoms with Crippen LogP contribution in [0, 0.1) is 0 Å². The minimum Gasteiger partial charge on any atom is -0.508 e. The summed E-state index contributed by atoms with van der Waals surface area (Å²) in [7, 11) is 0. The molecular formula is C23H13N3O3. The second-order valence-corrected chi connectivity index (χ2v) is 6.68. The molecular weight excluding hydrogens is 366 g/mol. The van der Waals surface area contributed by atoms with Gasteiger partial charge in [-0.05, 0) is 46.1 Å². The van der Waals surface area contributed by atoms with Crippen LogP contribution in [0.25, 0.3) is 54.6 Å². The number of nitrogens with zero attached hydrogens (tertiary/aromatic N) is 3. The first-order chi connectivity index (χ1) is 14.2. The molecule has 2 aliphatic rings. The van der Waals surface area contributed by atoms with Gasteiger partial charge in [0.1, 0.15) is 17.1 Å².